The molecule has 3 heteroatoms. The van der Waals surface area contributed by atoms with Crippen LogP contribution in [0, 0.1) is 0 Å². The Morgan fingerprint density at radius 1 is 1.26 bits per heavy atom. The molecule has 1 aromatic heterocycles. The van der Waals surface area contributed by atoms with Crippen LogP contribution >= 0.6 is 0 Å². The van der Waals surface area contributed by atoms with Gasteiger partial charge in [-0.05, 0) is 50.3 Å². The Morgan fingerprint density at radius 2 is 2.05 bits per heavy atom. The van der Waals surface area contributed by atoms with Gasteiger partial charge in [0.05, 0.1) is 0 Å². The van der Waals surface area contributed by atoms with Gasteiger partial charge < -0.3 is 10.2 Å². The maximum atomic E-state index is 4.60. The van der Waals surface area contributed by atoms with E-state index in [0.717, 1.165) is 19.1 Å². The SMILES string of the molecule is CCN(c1cc(CNC2CC2)ccn1)C1CCCC1. The van der Waals surface area contributed by atoms with Crippen molar-refractivity contribution < 1.29 is 0 Å². The molecular formula is C16H25N3. The van der Waals surface area contributed by atoms with E-state index in [-0.39, 0.29) is 0 Å². The lowest BCUT2D eigenvalue weighted by Gasteiger charge is -2.29. The van der Waals surface area contributed by atoms with Crippen molar-refractivity contribution >= 4 is 5.82 Å². The highest BCUT2D eigenvalue weighted by atomic mass is 15.2. The predicted octanol–water partition coefficient (Wildman–Crippen LogP) is 3.10. The third-order valence-corrected chi connectivity index (χ3v) is 4.38. The summed E-state index contributed by atoms with van der Waals surface area (Å²) in [4.78, 5) is 7.09. The van der Waals surface area contributed by atoms with Crippen LogP contribution in [0.3, 0.4) is 0 Å². The molecule has 0 spiro atoms. The average molecular weight is 259 g/mol. The Kier molecular flexibility index (Phi) is 4.02. The molecule has 2 saturated carbocycles. The van der Waals surface area contributed by atoms with Gasteiger partial charge in [0.25, 0.3) is 0 Å². The van der Waals surface area contributed by atoms with Gasteiger partial charge in [0.1, 0.15) is 5.82 Å². The molecule has 0 atom stereocenters. The molecule has 0 amide bonds. The van der Waals surface area contributed by atoms with Crippen molar-refractivity contribution in [2.75, 3.05) is 11.4 Å². The minimum atomic E-state index is 0.712. The molecule has 1 heterocycles. The third kappa shape index (κ3) is 3.27. The quantitative estimate of drug-likeness (QED) is 0.851. The van der Waals surface area contributed by atoms with Gasteiger partial charge in [-0.3, -0.25) is 0 Å². The van der Waals surface area contributed by atoms with E-state index in [1.807, 2.05) is 6.20 Å². The normalized spacial score (nSPS) is 19.8. The van der Waals surface area contributed by atoms with Gasteiger partial charge in [-0.2, -0.15) is 0 Å². The molecular weight excluding hydrogens is 234 g/mol. The third-order valence-electron chi connectivity index (χ3n) is 4.38. The average Bonchev–Trinajstić information content (AvgIpc) is 3.13. The summed E-state index contributed by atoms with van der Waals surface area (Å²) in [7, 11) is 0. The Balaban J connectivity index is 1.68. The molecule has 19 heavy (non-hydrogen) atoms. The lowest BCUT2D eigenvalue weighted by atomic mass is 10.2. The van der Waals surface area contributed by atoms with Gasteiger partial charge in [-0.25, -0.2) is 4.98 Å². The van der Waals surface area contributed by atoms with Crippen LogP contribution in [0.5, 0.6) is 0 Å². The van der Waals surface area contributed by atoms with E-state index in [4.69, 9.17) is 0 Å². The van der Waals surface area contributed by atoms with Gasteiger partial charge in [-0.1, -0.05) is 12.8 Å². The minimum absolute atomic E-state index is 0.712. The molecule has 3 nitrogen and oxygen atoms in total. The molecule has 2 aliphatic carbocycles. The Bertz CT molecular complexity index is 408. The van der Waals surface area contributed by atoms with Crippen molar-refractivity contribution in [3.8, 4) is 0 Å². The molecule has 2 aliphatic rings. The number of hydrogen-bond acceptors (Lipinski definition) is 3. The van der Waals surface area contributed by atoms with E-state index in [9.17, 15) is 0 Å². The number of pyridine rings is 1. The standard InChI is InChI=1S/C16H25N3/c1-2-19(15-5-3-4-6-15)16-11-13(9-10-17-16)12-18-14-7-8-14/h9-11,14-15,18H,2-8,12H2,1H3. The Hall–Kier alpha value is -1.09. The first-order valence-corrected chi connectivity index (χ1v) is 7.82. The maximum Gasteiger partial charge on any atom is 0.129 e. The molecule has 3 rings (SSSR count). The zero-order valence-electron chi connectivity index (χ0n) is 11.9. The number of nitrogens with zero attached hydrogens (tertiary/aromatic N) is 2. The summed E-state index contributed by atoms with van der Waals surface area (Å²) in [6.45, 7) is 4.30. The van der Waals surface area contributed by atoms with E-state index in [1.54, 1.807) is 0 Å². The summed E-state index contributed by atoms with van der Waals surface area (Å²) in [5.41, 5.74) is 1.37. The first-order valence-electron chi connectivity index (χ1n) is 7.82. The molecule has 104 valence electrons. The second kappa shape index (κ2) is 5.91. The lowest BCUT2D eigenvalue weighted by Crippen LogP contribution is -2.33. The van der Waals surface area contributed by atoms with Gasteiger partial charge in [0, 0.05) is 31.4 Å². The van der Waals surface area contributed by atoms with Crippen LogP contribution in [0.4, 0.5) is 5.82 Å². The predicted molar refractivity (Wildman–Crippen MR) is 79.4 cm³/mol. The number of rotatable bonds is 6. The van der Waals surface area contributed by atoms with Crippen molar-refractivity contribution in [3.05, 3.63) is 23.9 Å². The molecule has 0 radical (unpaired) electrons. The smallest absolute Gasteiger partial charge is 0.129 e. The topological polar surface area (TPSA) is 28.2 Å². The fourth-order valence-electron chi connectivity index (χ4n) is 3.10. The van der Waals surface area contributed by atoms with Crippen LogP contribution < -0.4 is 10.2 Å². The monoisotopic (exact) mass is 259 g/mol. The summed E-state index contributed by atoms with van der Waals surface area (Å²) in [5.74, 6) is 1.17. The van der Waals surface area contributed by atoms with E-state index in [1.165, 1.54) is 49.9 Å². The van der Waals surface area contributed by atoms with Gasteiger partial charge in [-0.15, -0.1) is 0 Å². The van der Waals surface area contributed by atoms with Crippen molar-refractivity contribution in [1.82, 2.24) is 10.3 Å². The summed E-state index contributed by atoms with van der Waals surface area (Å²) < 4.78 is 0. The second-order valence-electron chi connectivity index (χ2n) is 5.90. The highest BCUT2D eigenvalue weighted by Gasteiger charge is 2.23. The van der Waals surface area contributed by atoms with Gasteiger partial charge in [0.2, 0.25) is 0 Å². The number of anilines is 1. The van der Waals surface area contributed by atoms with Crippen LogP contribution in [-0.4, -0.2) is 23.6 Å². The maximum absolute atomic E-state index is 4.60. The molecule has 2 fully saturated rings. The zero-order valence-corrected chi connectivity index (χ0v) is 11.9. The fraction of sp³-hybridized carbons (Fsp3) is 0.688. The molecule has 1 aromatic rings. The molecule has 0 aromatic carbocycles. The molecule has 0 aliphatic heterocycles. The largest absolute Gasteiger partial charge is 0.354 e. The molecule has 0 bridgehead atoms. The Labute approximate surface area is 116 Å². The first kappa shape index (κ1) is 12.9. The Morgan fingerprint density at radius 3 is 2.74 bits per heavy atom. The summed E-state index contributed by atoms with van der Waals surface area (Å²) in [6, 6.07) is 5.90. The summed E-state index contributed by atoms with van der Waals surface area (Å²) in [5, 5.41) is 3.58. The van der Waals surface area contributed by atoms with Gasteiger partial charge >= 0.3 is 0 Å². The van der Waals surface area contributed by atoms with Crippen LogP contribution in [0.1, 0.15) is 51.0 Å². The van der Waals surface area contributed by atoms with E-state index in [2.05, 4.69) is 34.3 Å². The van der Waals surface area contributed by atoms with Crippen molar-refractivity contribution in [2.45, 2.75) is 64.1 Å². The summed E-state index contributed by atoms with van der Waals surface area (Å²) >= 11 is 0. The van der Waals surface area contributed by atoms with E-state index in [0.29, 0.717) is 6.04 Å². The van der Waals surface area contributed by atoms with Crippen LogP contribution in [0.2, 0.25) is 0 Å². The van der Waals surface area contributed by atoms with Crippen LogP contribution in [-0.2, 0) is 6.54 Å². The molecule has 0 unspecified atom stereocenters. The first-order chi connectivity index (χ1) is 9.36. The number of nitrogens with one attached hydrogen (secondary N) is 1. The van der Waals surface area contributed by atoms with Crippen molar-refractivity contribution in [2.24, 2.45) is 0 Å². The van der Waals surface area contributed by atoms with Crippen molar-refractivity contribution in [3.63, 3.8) is 0 Å². The number of hydrogen-bond donors (Lipinski definition) is 1. The zero-order chi connectivity index (χ0) is 13.1. The molecule has 0 saturated heterocycles. The van der Waals surface area contributed by atoms with E-state index >= 15 is 0 Å². The minimum Gasteiger partial charge on any atom is -0.354 e. The lowest BCUT2D eigenvalue weighted by molar-refractivity contribution is 0.612. The van der Waals surface area contributed by atoms with E-state index < -0.39 is 0 Å². The van der Waals surface area contributed by atoms with Crippen LogP contribution in [0.15, 0.2) is 18.3 Å². The summed E-state index contributed by atoms with van der Waals surface area (Å²) in [6.07, 6.45) is 10.1. The molecule has 1 N–H and O–H groups in total. The fourth-order valence-corrected chi connectivity index (χ4v) is 3.10. The number of aromatic nitrogens is 1. The highest BCUT2D eigenvalue weighted by Crippen LogP contribution is 2.27. The van der Waals surface area contributed by atoms with Crippen LogP contribution in [0.25, 0.3) is 0 Å². The highest BCUT2D eigenvalue weighted by molar-refractivity contribution is 5.42. The van der Waals surface area contributed by atoms with Crippen molar-refractivity contribution in [1.29, 1.82) is 0 Å². The second-order valence-corrected chi connectivity index (χ2v) is 5.90. The van der Waals surface area contributed by atoms with Gasteiger partial charge in [0.15, 0.2) is 0 Å².